The van der Waals surface area contributed by atoms with Crippen LogP contribution in [-0.2, 0) is 6.54 Å². The lowest BCUT2D eigenvalue weighted by Gasteiger charge is -2.12. The van der Waals surface area contributed by atoms with Crippen molar-refractivity contribution in [3.63, 3.8) is 0 Å². The first-order chi connectivity index (χ1) is 9.22. The van der Waals surface area contributed by atoms with Crippen molar-refractivity contribution >= 4 is 0 Å². The fourth-order valence-electron chi connectivity index (χ4n) is 2.37. The first-order valence-corrected chi connectivity index (χ1v) is 6.98. The van der Waals surface area contributed by atoms with Gasteiger partial charge in [-0.15, -0.1) is 0 Å². The minimum Gasteiger partial charge on any atom is -0.310 e. The molecule has 1 fully saturated rings. The van der Waals surface area contributed by atoms with Crippen molar-refractivity contribution in [2.24, 2.45) is 0 Å². The number of nitrogens with one attached hydrogen (secondary N) is 1. The summed E-state index contributed by atoms with van der Waals surface area (Å²) >= 11 is 0. The zero-order valence-corrected chi connectivity index (χ0v) is 11.6. The van der Waals surface area contributed by atoms with Gasteiger partial charge in [-0.2, -0.15) is 0 Å². The molecule has 1 aliphatic carbocycles. The smallest absolute Gasteiger partial charge is 0.0378 e. The fourth-order valence-corrected chi connectivity index (χ4v) is 2.37. The third-order valence-corrected chi connectivity index (χ3v) is 3.63. The number of aromatic nitrogens is 1. The normalized spacial score (nSPS) is 14.6. The molecule has 1 aromatic carbocycles. The second-order valence-electron chi connectivity index (χ2n) is 5.50. The fraction of sp³-hybridized carbons (Fsp3) is 0.353. The van der Waals surface area contributed by atoms with E-state index in [1.54, 1.807) is 0 Å². The van der Waals surface area contributed by atoms with Crippen molar-refractivity contribution in [2.45, 2.75) is 39.3 Å². The molecule has 0 radical (unpaired) electrons. The van der Waals surface area contributed by atoms with Gasteiger partial charge in [-0.1, -0.05) is 23.8 Å². The van der Waals surface area contributed by atoms with Crippen LogP contribution in [0.3, 0.4) is 0 Å². The van der Waals surface area contributed by atoms with Crippen LogP contribution in [0.25, 0.3) is 11.1 Å². The Bertz CT molecular complexity index is 586. The molecule has 0 saturated heterocycles. The van der Waals surface area contributed by atoms with Crippen LogP contribution in [0.1, 0.15) is 29.7 Å². The molecule has 2 nitrogen and oxygen atoms in total. The Labute approximate surface area is 114 Å². The predicted molar refractivity (Wildman–Crippen MR) is 79.0 cm³/mol. The molecule has 0 bridgehead atoms. The van der Waals surface area contributed by atoms with Crippen LogP contribution in [0.4, 0.5) is 0 Å². The largest absolute Gasteiger partial charge is 0.310 e. The molecule has 0 spiro atoms. The summed E-state index contributed by atoms with van der Waals surface area (Å²) < 4.78 is 0. The third-order valence-electron chi connectivity index (χ3n) is 3.63. The van der Waals surface area contributed by atoms with Gasteiger partial charge in [-0.3, -0.25) is 4.98 Å². The third kappa shape index (κ3) is 3.02. The van der Waals surface area contributed by atoms with Crippen molar-refractivity contribution in [3.8, 4) is 11.1 Å². The van der Waals surface area contributed by atoms with Gasteiger partial charge in [0.05, 0.1) is 0 Å². The highest BCUT2D eigenvalue weighted by atomic mass is 14.9. The van der Waals surface area contributed by atoms with E-state index in [9.17, 15) is 0 Å². The highest BCUT2D eigenvalue weighted by Crippen LogP contribution is 2.26. The zero-order chi connectivity index (χ0) is 13.2. The summed E-state index contributed by atoms with van der Waals surface area (Å²) in [7, 11) is 0. The maximum atomic E-state index is 4.29. The quantitative estimate of drug-likeness (QED) is 0.899. The molecule has 98 valence electrons. The Balaban J connectivity index is 1.94. The first-order valence-electron chi connectivity index (χ1n) is 6.98. The van der Waals surface area contributed by atoms with E-state index in [4.69, 9.17) is 0 Å². The van der Waals surface area contributed by atoms with Gasteiger partial charge >= 0.3 is 0 Å². The number of rotatable bonds is 4. The van der Waals surface area contributed by atoms with Crippen LogP contribution in [-0.4, -0.2) is 11.0 Å². The van der Waals surface area contributed by atoms with Crippen LogP contribution in [0.15, 0.2) is 36.5 Å². The number of nitrogens with zero attached hydrogens (tertiary/aromatic N) is 1. The maximum Gasteiger partial charge on any atom is 0.0378 e. The molecule has 1 saturated carbocycles. The molecule has 1 aromatic heterocycles. The SMILES string of the molecule is Cc1ccc(CNC2CC2)c(-c2ccnc(C)c2)c1. The number of hydrogen-bond acceptors (Lipinski definition) is 2. The maximum absolute atomic E-state index is 4.29. The van der Waals surface area contributed by atoms with E-state index < -0.39 is 0 Å². The van der Waals surface area contributed by atoms with Gasteiger partial charge in [0.1, 0.15) is 0 Å². The monoisotopic (exact) mass is 252 g/mol. The summed E-state index contributed by atoms with van der Waals surface area (Å²) in [6.45, 7) is 5.15. The van der Waals surface area contributed by atoms with E-state index in [-0.39, 0.29) is 0 Å². The highest BCUT2D eigenvalue weighted by Gasteiger charge is 2.20. The Hall–Kier alpha value is -1.67. The van der Waals surface area contributed by atoms with Crippen LogP contribution in [0, 0.1) is 13.8 Å². The van der Waals surface area contributed by atoms with E-state index in [2.05, 4.69) is 47.6 Å². The number of hydrogen-bond donors (Lipinski definition) is 1. The van der Waals surface area contributed by atoms with Gasteiger partial charge in [0.15, 0.2) is 0 Å². The second kappa shape index (κ2) is 5.14. The summed E-state index contributed by atoms with van der Waals surface area (Å²) in [5.41, 5.74) is 6.35. The Morgan fingerprint density at radius 1 is 1.16 bits per heavy atom. The van der Waals surface area contributed by atoms with E-state index >= 15 is 0 Å². The lowest BCUT2D eigenvalue weighted by molar-refractivity contribution is 0.688. The van der Waals surface area contributed by atoms with Gasteiger partial charge in [0.25, 0.3) is 0 Å². The predicted octanol–water partition coefficient (Wildman–Crippen LogP) is 3.62. The first kappa shape index (κ1) is 12.4. The molecule has 0 amide bonds. The molecule has 1 heterocycles. The minimum absolute atomic E-state index is 0.744. The highest BCUT2D eigenvalue weighted by molar-refractivity contribution is 5.68. The van der Waals surface area contributed by atoms with Crippen molar-refractivity contribution in [1.82, 2.24) is 10.3 Å². The topological polar surface area (TPSA) is 24.9 Å². The summed E-state index contributed by atoms with van der Waals surface area (Å²) in [6, 6.07) is 11.7. The molecular weight excluding hydrogens is 232 g/mol. The van der Waals surface area contributed by atoms with Crippen LogP contribution in [0.2, 0.25) is 0 Å². The lowest BCUT2D eigenvalue weighted by atomic mass is 9.97. The molecule has 0 atom stereocenters. The molecule has 1 N–H and O–H groups in total. The Morgan fingerprint density at radius 2 is 2.00 bits per heavy atom. The van der Waals surface area contributed by atoms with Crippen LogP contribution >= 0.6 is 0 Å². The van der Waals surface area contributed by atoms with Gasteiger partial charge in [-0.25, -0.2) is 0 Å². The molecule has 0 aliphatic heterocycles. The number of pyridine rings is 1. The van der Waals surface area contributed by atoms with Crippen molar-refractivity contribution in [2.75, 3.05) is 0 Å². The molecule has 3 rings (SSSR count). The van der Waals surface area contributed by atoms with Crippen molar-refractivity contribution in [1.29, 1.82) is 0 Å². The molecule has 1 aliphatic rings. The molecule has 2 heteroatoms. The molecule has 0 unspecified atom stereocenters. The minimum atomic E-state index is 0.744. The zero-order valence-electron chi connectivity index (χ0n) is 11.6. The van der Waals surface area contributed by atoms with Gasteiger partial charge < -0.3 is 5.32 Å². The number of aryl methyl sites for hydroxylation is 2. The molecule has 2 aromatic rings. The van der Waals surface area contributed by atoms with Crippen molar-refractivity contribution < 1.29 is 0 Å². The van der Waals surface area contributed by atoms with Crippen LogP contribution in [0.5, 0.6) is 0 Å². The number of benzene rings is 1. The Morgan fingerprint density at radius 3 is 2.74 bits per heavy atom. The van der Waals surface area contributed by atoms with E-state index in [1.807, 2.05) is 13.1 Å². The second-order valence-corrected chi connectivity index (χ2v) is 5.50. The molecule has 19 heavy (non-hydrogen) atoms. The molecular formula is C17H20N2. The van der Waals surface area contributed by atoms with Crippen LogP contribution < -0.4 is 5.32 Å². The lowest BCUT2D eigenvalue weighted by Crippen LogP contribution is -2.15. The van der Waals surface area contributed by atoms with Gasteiger partial charge in [-0.05, 0) is 55.5 Å². The average molecular weight is 252 g/mol. The summed E-state index contributed by atoms with van der Waals surface area (Å²) in [5.74, 6) is 0. The average Bonchev–Trinajstić information content (AvgIpc) is 3.21. The van der Waals surface area contributed by atoms with E-state index in [0.717, 1.165) is 18.3 Å². The summed E-state index contributed by atoms with van der Waals surface area (Å²) in [4.78, 5) is 4.29. The Kier molecular flexibility index (Phi) is 3.34. The summed E-state index contributed by atoms with van der Waals surface area (Å²) in [5, 5.41) is 3.60. The van der Waals surface area contributed by atoms with E-state index in [1.165, 1.54) is 35.1 Å². The van der Waals surface area contributed by atoms with Gasteiger partial charge in [0, 0.05) is 24.5 Å². The summed E-state index contributed by atoms with van der Waals surface area (Å²) in [6.07, 6.45) is 4.55. The standard InChI is InChI=1S/C17H20N2/c1-12-3-4-15(11-19-16-5-6-16)17(9-12)14-7-8-18-13(2)10-14/h3-4,7-10,16,19H,5-6,11H2,1-2H3. The van der Waals surface area contributed by atoms with Crippen molar-refractivity contribution in [3.05, 3.63) is 53.3 Å². The van der Waals surface area contributed by atoms with Gasteiger partial charge in [0.2, 0.25) is 0 Å². The van der Waals surface area contributed by atoms with E-state index in [0.29, 0.717) is 0 Å².